The van der Waals surface area contributed by atoms with Gasteiger partial charge < -0.3 is 24.3 Å². The molecular weight excluding hydrogens is 364 g/mol. The van der Waals surface area contributed by atoms with Crippen molar-refractivity contribution in [2.24, 2.45) is 0 Å². The van der Waals surface area contributed by atoms with Crippen molar-refractivity contribution in [1.82, 2.24) is 10.3 Å². The van der Waals surface area contributed by atoms with Gasteiger partial charge in [0.25, 0.3) is 0 Å². The van der Waals surface area contributed by atoms with Gasteiger partial charge in [-0.15, -0.1) is 11.3 Å². The predicted octanol–water partition coefficient (Wildman–Crippen LogP) is 3.85. The summed E-state index contributed by atoms with van der Waals surface area (Å²) in [5.74, 6) is 3.02. The molecule has 7 heteroatoms. The molecular formula is C20H20N2O4S. The highest BCUT2D eigenvalue weighted by molar-refractivity contribution is 7.13. The van der Waals surface area contributed by atoms with Crippen molar-refractivity contribution >= 4 is 11.3 Å². The summed E-state index contributed by atoms with van der Waals surface area (Å²) in [6, 6.07) is 11.8. The molecule has 6 nitrogen and oxygen atoms in total. The lowest BCUT2D eigenvalue weighted by Gasteiger charge is -2.10. The molecule has 4 rings (SSSR count). The standard InChI is InChI=1S/C20H20N2O4S/c1-23-16-5-3-13(7-18(16)24-2)9-21-10-15-11-27-20(22-15)14-4-6-17-19(8-14)26-12-25-17/h3-8,11,21H,9-10,12H2,1-2H3. The summed E-state index contributed by atoms with van der Waals surface area (Å²) < 4.78 is 21.4. The van der Waals surface area contributed by atoms with Gasteiger partial charge in [0.1, 0.15) is 5.01 Å². The number of thiazole rings is 1. The van der Waals surface area contributed by atoms with Crippen LogP contribution in [0.5, 0.6) is 23.0 Å². The SMILES string of the molecule is COc1ccc(CNCc2csc(-c3ccc4c(c3)OCO4)n2)cc1OC. The average Bonchev–Trinajstić information content (AvgIpc) is 3.36. The number of benzene rings is 2. The maximum atomic E-state index is 5.44. The zero-order valence-electron chi connectivity index (χ0n) is 15.2. The van der Waals surface area contributed by atoms with Crippen LogP contribution in [0.15, 0.2) is 41.8 Å². The van der Waals surface area contributed by atoms with Crippen LogP contribution in [0, 0.1) is 0 Å². The first-order valence-corrected chi connectivity index (χ1v) is 9.41. The van der Waals surface area contributed by atoms with Gasteiger partial charge in [-0.1, -0.05) is 6.07 Å². The number of nitrogens with zero attached hydrogens (tertiary/aromatic N) is 1. The molecule has 0 fully saturated rings. The normalized spacial score (nSPS) is 12.2. The summed E-state index contributed by atoms with van der Waals surface area (Å²) in [6.45, 7) is 1.69. The van der Waals surface area contributed by atoms with Crippen LogP contribution in [0.4, 0.5) is 0 Å². The van der Waals surface area contributed by atoms with Crippen LogP contribution < -0.4 is 24.3 Å². The summed E-state index contributed by atoms with van der Waals surface area (Å²) in [5.41, 5.74) is 3.17. The van der Waals surface area contributed by atoms with E-state index in [0.29, 0.717) is 6.54 Å². The van der Waals surface area contributed by atoms with Crippen LogP contribution in [-0.2, 0) is 13.1 Å². The van der Waals surface area contributed by atoms with Crippen molar-refractivity contribution in [3.63, 3.8) is 0 Å². The molecule has 1 N–H and O–H groups in total. The summed E-state index contributed by atoms with van der Waals surface area (Å²) in [4.78, 5) is 4.71. The van der Waals surface area contributed by atoms with Crippen LogP contribution in [0.3, 0.4) is 0 Å². The monoisotopic (exact) mass is 384 g/mol. The largest absolute Gasteiger partial charge is 0.493 e. The van der Waals surface area contributed by atoms with Crippen molar-refractivity contribution in [1.29, 1.82) is 0 Å². The molecule has 0 bridgehead atoms. The third kappa shape index (κ3) is 3.84. The molecule has 0 atom stereocenters. The van der Waals surface area contributed by atoms with E-state index in [9.17, 15) is 0 Å². The van der Waals surface area contributed by atoms with Gasteiger partial charge in [0.05, 0.1) is 19.9 Å². The number of nitrogens with one attached hydrogen (secondary N) is 1. The molecule has 0 aliphatic carbocycles. The Morgan fingerprint density at radius 3 is 2.70 bits per heavy atom. The highest BCUT2D eigenvalue weighted by atomic mass is 32.1. The number of fused-ring (bicyclic) bond motifs is 1. The zero-order valence-corrected chi connectivity index (χ0v) is 16.0. The predicted molar refractivity (Wildman–Crippen MR) is 104 cm³/mol. The summed E-state index contributed by atoms with van der Waals surface area (Å²) in [5, 5.41) is 6.46. The lowest BCUT2D eigenvalue weighted by atomic mass is 10.2. The molecule has 0 saturated heterocycles. The van der Waals surface area contributed by atoms with E-state index >= 15 is 0 Å². The van der Waals surface area contributed by atoms with Crippen LogP contribution in [-0.4, -0.2) is 26.0 Å². The Balaban J connectivity index is 1.37. The molecule has 0 amide bonds. The number of hydrogen-bond donors (Lipinski definition) is 1. The fourth-order valence-corrected chi connectivity index (χ4v) is 3.69. The second-order valence-electron chi connectivity index (χ2n) is 6.00. The van der Waals surface area contributed by atoms with Gasteiger partial charge in [-0.3, -0.25) is 0 Å². The molecule has 2 heterocycles. The number of methoxy groups -OCH3 is 2. The van der Waals surface area contributed by atoms with Crippen molar-refractivity contribution in [3.05, 3.63) is 53.0 Å². The minimum Gasteiger partial charge on any atom is -0.493 e. The van der Waals surface area contributed by atoms with Crippen molar-refractivity contribution in [3.8, 4) is 33.6 Å². The van der Waals surface area contributed by atoms with E-state index < -0.39 is 0 Å². The quantitative estimate of drug-likeness (QED) is 0.668. The molecule has 0 saturated carbocycles. The molecule has 0 spiro atoms. The van der Waals surface area contributed by atoms with Crippen LogP contribution in [0.25, 0.3) is 10.6 Å². The Morgan fingerprint density at radius 1 is 1.00 bits per heavy atom. The van der Waals surface area contributed by atoms with E-state index in [-0.39, 0.29) is 6.79 Å². The highest BCUT2D eigenvalue weighted by Crippen LogP contribution is 2.36. The van der Waals surface area contributed by atoms with Crippen LogP contribution >= 0.6 is 11.3 Å². The van der Waals surface area contributed by atoms with E-state index in [1.54, 1.807) is 25.6 Å². The Hall–Kier alpha value is -2.77. The number of aromatic nitrogens is 1. The molecule has 140 valence electrons. The molecule has 0 radical (unpaired) electrons. The van der Waals surface area contributed by atoms with Crippen molar-refractivity contribution in [2.75, 3.05) is 21.0 Å². The summed E-state index contributed by atoms with van der Waals surface area (Å²) in [7, 11) is 3.28. The first-order chi connectivity index (χ1) is 13.3. The maximum absolute atomic E-state index is 5.44. The molecule has 1 aliphatic heterocycles. The second-order valence-corrected chi connectivity index (χ2v) is 6.86. The smallest absolute Gasteiger partial charge is 0.231 e. The number of hydrogen-bond acceptors (Lipinski definition) is 7. The topological polar surface area (TPSA) is 61.8 Å². The highest BCUT2D eigenvalue weighted by Gasteiger charge is 2.15. The molecule has 1 aromatic heterocycles. The lowest BCUT2D eigenvalue weighted by molar-refractivity contribution is 0.174. The third-order valence-electron chi connectivity index (χ3n) is 4.25. The van der Waals surface area contributed by atoms with E-state index in [1.165, 1.54) is 0 Å². The second kappa shape index (κ2) is 7.85. The summed E-state index contributed by atoms with van der Waals surface area (Å²) in [6.07, 6.45) is 0. The van der Waals surface area contributed by atoms with Gasteiger partial charge in [-0.05, 0) is 35.9 Å². The fourth-order valence-electron chi connectivity index (χ4n) is 2.88. The molecule has 27 heavy (non-hydrogen) atoms. The number of rotatable bonds is 7. The molecule has 1 aliphatic rings. The minimum absolute atomic E-state index is 0.280. The van der Waals surface area contributed by atoms with Crippen molar-refractivity contribution < 1.29 is 18.9 Å². The van der Waals surface area contributed by atoms with Gasteiger partial charge >= 0.3 is 0 Å². The summed E-state index contributed by atoms with van der Waals surface area (Å²) >= 11 is 1.62. The van der Waals surface area contributed by atoms with E-state index in [2.05, 4.69) is 10.7 Å². The maximum Gasteiger partial charge on any atom is 0.231 e. The van der Waals surface area contributed by atoms with Crippen molar-refractivity contribution in [2.45, 2.75) is 13.1 Å². The van der Waals surface area contributed by atoms with Gasteiger partial charge in [0, 0.05) is 24.0 Å². The fraction of sp³-hybridized carbons (Fsp3) is 0.250. The first-order valence-electron chi connectivity index (χ1n) is 8.53. The Bertz CT molecular complexity index is 941. The molecule has 2 aromatic carbocycles. The number of ether oxygens (including phenoxy) is 4. The first kappa shape index (κ1) is 17.6. The lowest BCUT2D eigenvalue weighted by Crippen LogP contribution is -2.13. The van der Waals surface area contributed by atoms with Gasteiger partial charge in [0.2, 0.25) is 6.79 Å². The van der Waals surface area contributed by atoms with Crippen LogP contribution in [0.2, 0.25) is 0 Å². The Kier molecular flexibility index (Phi) is 5.13. The van der Waals surface area contributed by atoms with Gasteiger partial charge in [0.15, 0.2) is 23.0 Å². The third-order valence-corrected chi connectivity index (χ3v) is 5.19. The Labute approximate surface area is 161 Å². The van der Waals surface area contributed by atoms with E-state index in [1.807, 2.05) is 36.4 Å². The van der Waals surface area contributed by atoms with E-state index in [0.717, 1.165) is 51.4 Å². The van der Waals surface area contributed by atoms with Gasteiger partial charge in [-0.2, -0.15) is 0 Å². The average molecular weight is 384 g/mol. The molecule has 3 aromatic rings. The Morgan fingerprint density at radius 2 is 1.85 bits per heavy atom. The molecule has 0 unspecified atom stereocenters. The minimum atomic E-state index is 0.280. The van der Waals surface area contributed by atoms with Gasteiger partial charge in [-0.25, -0.2) is 4.98 Å². The van der Waals surface area contributed by atoms with Crippen LogP contribution in [0.1, 0.15) is 11.3 Å². The van der Waals surface area contributed by atoms with E-state index in [4.69, 9.17) is 23.9 Å². The zero-order chi connectivity index (χ0) is 18.6.